The van der Waals surface area contributed by atoms with Gasteiger partial charge in [0.2, 0.25) is 0 Å². The average Bonchev–Trinajstić information content (AvgIpc) is 3.10. The van der Waals surface area contributed by atoms with Crippen LogP contribution in [0.2, 0.25) is 0 Å². The highest BCUT2D eigenvalue weighted by Gasteiger charge is 2.44. The Morgan fingerprint density at radius 1 is 0.950 bits per heavy atom. The van der Waals surface area contributed by atoms with Crippen LogP contribution >= 0.6 is 0 Å². The third-order valence-electron chi connectivity index (χ3n) is 6.67. The van der Waals surface area contributed by atoms with E-state index in [-0.39, 0.29) is 0 Å². The summed E-state index contributed by atoms with van der Waals surface area (Å²) in [6.45, 7) is 4.65. The van der Waals surface area contributed by atoms with Crippen LogP contribution in [0.5, 0.6) is 0 Å². The van der Waals surface area contributed by atoms with Crippen LogP contribution in [-0.2, 0) is 0 Å². The molecule has 3 fully saturated rings. The van der Waals surface area contributed by atoms with E-state index in [4.69, 9.17) is 5.73 Å². The second-order valence-electron chi connectivity index (χ2n) is 7.91. The lowest BCUT2D eigenvalue weighted by atomic mass is 9.84. The molecule has 20 heavy (non-hydrogen) atoms. The van der Waals surface area contributed by atoms with Crippen LogP contribution in [0, 0.1) is 11.8 Å². The molecule has 0 bridgehead atoms. The molecule has 0 aromatic heterocycles. The number of nitrogens with two attached hydrogens (primary N) is 1. The van der Waals surface area contributed by atoms with Crippen LogP contribution in [0.3, 0.4) is 0 Å². The SMILES string of the molecule is CC1CCCC(CN)(N2CCCC2C2CCCC2)CC1. The first-order valence-electron chi connectivity index (χ1n) is 9.22. The standard InChI is InChI=1S/C18H34N2/c1-15-6-4-11-18(14-19,12-10-15)20-13-5-9-17(20)16-7-2-3-8-16/h15-17H,2-14,19H2,1H3. The molecule has 116 valence electrons. The normalized spacial score (nSPS) is 41.1. The summed E-state index contributed by atoms with van der Waals surface area (Å²) < 4.78 is 0. The predicted molar refractivity (Wildman–Crippen MR) is 85.7 cm³/mol. The molecule has 1 heterocycles. The molecule has 2 nitrogen and oxygen atoms in total. The van der Waals surface area contributed by atoms with Crippen LogP contribution in [0.15, 0.2) is 0 Å². The molecule has 0 amide bonds. The zero-order valence-corrected chi connectivity index (χ0v) is 13.4. The number of hydrogen-bond acceptors (Lipinski definition) is 2. The number of rotatable bonds is 3. The van der Waals surface area contributed by atoms with Crippen LogP contribution in [-0.4, -0.2) is 29.6 Å². The second kappa shape index (κ2) is 6.36. The zero-order valence-electron chi connectivity index (χ0n) is 13.4. The average molecular weight is 278 g/mol. The van der Waals surface area contributed by atoms with Crippen molar-refractivity contribution in [1.82, 2.24) is 4.90 Å². The Balaban J connectivity index is 1.76. The van der Waals surface area contributed by atoms with Gasteiger partial charge < -0.3 is 5.73 Å². The predicted octanol–water partition coefficient (Wildman–Crippen LogP) is 3.94. The van der Waals surface area contributed by atoms with E-state index in [1.807, 2.05) is 0 Å². The Labute approximate surface area is 125 Å². The zero-order chi connectivity index (χ0) is 14.0. The smallest absolute Gasteiger partial charge is 0.0334 e. The second-order valence-corrected chi connectivity index (χ2v) is 7.91. The van der Waals surface area contributed by atoms with Crippen molar-refractivity contribution in [2.45, 2.75) is 89.1 Å². The third kappa shape index (κ3) is 2.78. The van der Waals surface area contributed by atoms with Crippen LogP contribution < -0.4 is 5.73 Å². The van der Waals surface area contributed by atoms with E-state index in [9.17, 15) is 0 Å². The van der Waals surface area contributed by atoms with Crippen molar-refractivity contribution >= 4 is 0 Å². The van der Waals surface area contributed by atoms with Crippen molar-refractivity contribution < 1.29 is 0 Å². The number of likely N-dealkylation sites (tertiary alicyclic amines) is 1. The van der Waals surface area contributed by atoms with Gasteiger partial charge in [-0.2, -0.15) is 0 Å². The lowest BCUT2D eigenvalue weighted by molar-refractivity contribution is 0.0406. The van der Waals surface area contributed by atoms with Gasteiger partial charge in [0.1, 0.15) is 0 Å². The molecule has 3 aliphatic rings. The van der Waals surface area contributed by atoms with Crippen molar-refractivity contribution in [3.05, 3.63) is 0 Å². The molecule has 0 spiro atoms. The minimum absolute atomic E-state index is 0.356. The summed E-state index contributed by atoms with van der Waals surface area (Å²) >= 11 is 0. The summed E-state index contributed by atoms with van der Waals surface area (Å²) in [5.74, 6) is 1.90. The Morgan fingerprint density at radius 2 is 1.75 bits per heavy atom. The van der Waals surface area contributed by atoms with Crippen LogP contribution in [0.25, 0.3) is 0 Å². The fraction of sp³-hybridized carbons (Fsp3) is 1.00. The first kappa shape index (κ1) is 14.8. The molecular weight excluding hydrogens is 244 g/mol. The highest BCUT2D eigenvalue weighted by molar-refractivity contribution is 5.01. The molecule has 0 aromatic rings. The monoisotopic (exact) mass is 278 g/mol. The number of nitrogens with zero attached hydrogens (tertiary/aromatic N) is 1. The summed E-state index contributed by atoms with van der Waals surface area (Å²) in [4.78, 5) is 2.92. The van der Waals surface area contributed by atoms with E-state index in [1.54, 1.807) is 0 Å². The van der Waals surface area contributed by atoms with Gasteiger partial charge in [-0.1, -0.05) is 32.6 Å². The molecule has 3 unspecified atom stereocenters. The van der Waals surface area contributed by atoms with Gasteiger partial charge in [0.15, 0.2) is 0 Å². The lowest BCUT2D eigenvalue weighted by Gasteiger charge is -2.46. The van der Waals surface area contributed by atoms with Crippen LogP contribution in [0.4, 0.5) is 0 Å². The van der Waals surface area contributed by atoms with Gasteiger partial charge in [0, 0.05) is 18.1 Å². The Kier molecular flexibility index (Phi) is 4.72. The topological polar surface area (TPSA) is 29.3 Å². The lowest BCUT2D eigenvalue weighted by Crippen LogP contribution is -2.56. The maximum atomic E-state index is 6.35. The minimum Gasteiger partial charge on any atom is -0.329 e. The van der Waals surface area contributed by atoms with E-state index in [1.165, 1.54) is 77.2 Å². The van der Waals surface area contributed by atoms with Gasteiger partial charge >= 0.3 is 0 Å². The molecule has 2 N–H and O–H groups in total. The first-order chi connectivity index (χ1) is 9.75. The molecule has 3 atom stereocenters. The molecule has 2 heteroatoms. The van der Waals surface area contributed by atoms with Gasteiger partial charge in [0.05, 0.1) is 0 Å². The van der Waals surface area contributed by atoms with E-state index in [0.29, 0.717) is 5.54 Å². The molecule has 1 saturated heterocycles. The summed E-state index contributed by atoms with van der Waals surface area (Å²) in [7, 11) is 0. The van der Waals surface area contributed by atoms with E-state index in [2.05, 4.69) is 11.8 Å². The third-order valence-corrected chi connectivity index (χ3v) is 6.67. The van der Waals surface area contributed by atoms with Crippen LogP contribution in [0.1, 0.15) is 77.6 Å². The van der Waals surface area contributed by atoms with Crippen molar-refractivity contribution in [2.24, 2.45) is 17.6 Å². The van der Waals surface area contributed by atoms with E-state index >= 15 is 0 Å². The van der Waals surface area contributed by atoms with E-state index < -0.39 is 0 Å². The Morgan fingerprint density at radius 3 is 2.50 bits per heavy atom. The summed E-state index contributed by atoms with van der Waals surface area (Å²) in [6, 6.07) is 0.870. The Hall–Kier alpha value is -0.0800. The van der Waals surface area contributed by atoms with Gasteiger partial charge in [-0.25, -0.2) is 0 Å². The fourth-order valence-corrected chi connectivity index (χ4v) is 5.39. The molecule has 2 saturated carbocycles. The largest absolute Gasteiger partial charge is 0.329 e. The maximum Gasteiger partial charge on any atom is 0.0334 e. The molecule has 2 aliphatic carbocycles. The fourth-order valence-electron chi connectivity index (χ4n) is 5.39. The highest BCUT2D eigenvalue weighted by Crippen LogP contribution is 2.43. The first-order valence-corrected chi connectivity index (χ1v) is 9.22. The van der Waals surface area contributed by atoms with Gasteiger partial charge in [-0.05, 0) is 63.3 Å². The van der Waals surface area contributed by atoms with E-state index in [0.717, 1.165) is 24.4 Å². The quantitative estimate of drug-likeness (QED) is 0.792. The van der Waals surface area contributed by atoms with Gasteiger partial charge in [0.25, 0.3) is 0 Å². The summed E-state index contributed by atoms with van der Waals surface area (Å²) in [5, 5.41) is 0. The molecule has 3 rings (SSSR count). The molecule has 0 aromatic carbocycles. The molecule has 0 radical (unpaired) electrons. The summed E-state index contributed by atoms with van der Waals surface area (Å²) in [5.41, 5.74) is 6.71. The summed E-state index contributed by atoms with van der Waals surface area (Å²) in [6.07, 6.45) is 15.7. The van der Waals surface area contributed by atoms with Crippen molar-refractivity contribution in [3.8, 4) is 0 Å². The number of hydrogen-bond donors (Lipinski definition) is 1. The van der Waals surface area contributed by atoms with Crippen molar-refractivity contribution in [3.63, 3.8) is 0 Å². The molecular formula is C18H34N2. The maximum absolute atomic E-state index is 6.35. The highest BCUT2D eigenvalue weighted by atomic mass is 15.3. The molecule has 1 aliphatic heterocycles. The van der Waals surface area contributed by atoms with Crippen molar-refractivity contribution in [2.75, 3.05) is 13.1 Å². The minimum atomic E-state index is 0.356. The van der Waals surface area contributed by atoms with Gasteiger partial charge in [-0.3, -0.25) is 4.90 Å². The Bertz CT molecular complexity index is 311. The van der Waals surface area contributed by atoms with Gasteiger partial charge in [-0.15, -0.1) is 0 Å². The van der Waals surface area contributed by atoms with Crippen molar-refractivity contribution in [1.29, 1.82) is 0 Å².